The first-order chi connectivity index (χ1) is 11.3. The zero-order valence-electron chi connectivity index (χ0n) is 13.7. The molecule has 1 aliphatic heterocycles. The number of aromatic nitrogens is 1. The molecule has 4 nitrogen and oxygen atoms in total. The second-order valence-electron chi connectivity index (χ2n) is 6.12. The number of benzene rings is 1. The predicted molar refractivity (Wildman–Crippen MR) is 84.4 cm³/mol. The van der Waals surface area contributed by atoms with Crippen molar-refractivity contribution in [3.05, 3.63) is 41.3 Å². The van der Waals surface area contributed by atoms with Crippen molar-refractivity contribution in [1.29, 1.82) is 0 Å². The highest BCUT2D eigenvalue weighted by Gasteiger charge is 2.31. The quantitative estimate of drug-likeness (QED) is 0.930. The van der Waals surface area contributed by atoms with E-state index in [1.807, 2.05) is 0 Å². The van der Waals surface area contributed by atoms with Gasteiger partial charge in [-0.2, -0.15) is 13.2 Å². The van der Waals surface area contributed by atoms with Crippen LogP contribution in [0, 0.1) is 6.92 Å². The molecule has 1 aromatic heterocycles. The number of hydrogen-bond donors (Lipinski definition) is 1. The van der Waals surface area contributed by atoms with E-state index in [1.165, 1.54) is 6.07 Å². The minimum atomic E-state index is -4.38. The maximum absolute atomic E-state index is 12.9. The molecule has 130 valence electrons. The summed E-state index contributed by atoms with van der Waals surface area (Å²) in [6, 6.07) is 5.45. The Morgan fingerprint density at radius 1 is 1.38 bits per heavy atom. The zero-order chi connectivity index (χ0) is 17.3. The number of aryl methyl sites for hydroxylation is 1. The maximum Gasteiger partial charge on any atom is 0.416 e. The van der Waals surface area contributed by atoms with Gasteiger partial charge in [-0.15, -0.1) is 0 Å². The number of nitrogens with one attached hydrogen (secondary N) is 1. The first kappa shape index (κ1) is 17.0. The lowest BCUT2D eigenvalue weighted by Gasteiger charge is -2.33. The Labute approximate surface area is 138 Å². The molecule has 7 heteroatoms. The van der Waals surface area contributed by atoms with E-state index in [2.05, 4.69) is 22.1 Å². The highest BCUT2D eigenvalue weighted by molar-refractivity contribution is 5.55. The summed E-state index contributed by atoms with van der Waals surface area (Å²) in [7, 11) is 0. The summed E-state index contributed by atoms with van der Waals surface area (Å²) in [5, 5.41) is 3.32. The zero-order valence-corrected chi connectivity index (χ0v) is 13.7. The molecule has 2 aromatic rings. The molecule has 1 fully saturated rings. The van der Waals surface area contributed by atoms with E-state index in [9.17, 15) is 13.2 Å². The number of piperazine rings is 1. The molecule has 0 bridgehead atoms. The lowest BCUT2D eigenvalue weighted by atomic mass is 10.1. The normalized spacial score (nSPS) is 19.6. The lowest BCUT2D eigenvalue weighted by molar-refractivity contribution is -0.137. The van der Waals surface area contributed by atoms with Crippen LogP contribution >= 0.6 is 0 Å². The van der Waals surface area contributed by atoms with E-state index in [0.29, 0.717) is 23.9 Å². The van der Waals surface area contributed by atoms with Crippen LogP contribution in [0.15, 0.2) is 28.7 Å². The molecule has 0 radical (unpaired) electrons. The first-order valence-electron chi connectivity index (χ1n) is 7.93. The average Bonchev–Trinajstić information content (AvgIpc) is 2.90. The van der Waals surface area contributed by atoms with Gasteiger partial charge >= 0.3 is 6.18 Å². The van der Waals surface area contributed by atoms with E-state index in [4.69, 9.17) is 4.42 Å². The molecule has 0 spiro atoms. The van der Waals surface area contributed by atoms with E-state index < -0.39 is 11.7 Å². The fourth-order valence-corrected chi connectivity index (χ4v) is 2.84. The van der Waals surface area contributed by atoms with E-state index >= 15 is 0 Å². The van der Waals surface area contributed by atoms with Gasteiger partial charge < -0.3 is 9.73 Å². The molecule has 1 N–H and O–H groups in total. The van der Waals surface area contributed by atoms with Crippen molar-refractivity contribution in [3.63, 3.8) is 0 Å². The number of alkyl halides is 3. The minimum absolute atomic E-state index is 0.233. The molecular formula is C17H20F3N3O. The van der Waals surface area contributed by atoms with Crippen LogP contribution in [0.1, 0.15) is 23.9 Å². The smallest absolute Gasteiger partial charge is 0.416 e. The van der Waals surface area contributed by atoms with Gasteiger partial charge in [-0.3, -0.25) is 4.90 Å². The third-order valence-corrected chi connectivity index (χ3v) is 4.32. The SMILES string of the molecule is Cc1oc(-c2cccc(C(F)(F)F)c2)nc1CN1CCNCC1C. The molecule has 3 rings (SSSR count). The Hall–Kier alpha value is -1.86. The van der Waals surface area contributed by atoms with Crippen LogP contribution in [0.3, 0.4) is 0 Å². The van der Waals surface area contributed by atoms with Gasteiger partial charge in [0.1, 0.15) is 5.76 Å². The Kier molecular flexibility index (Phi) is 4.64. The number of halogens is 3. The fourth-order valence-electron chi connectivity index (χ4n) is 2.84. The minimum Gasteiger partial charge on any atom is -0.441 e. The molecule has 1 saturated heterocycles. The molecule has 2 heterocycles. The highest BCUT2D eigenvalue weighted by atomic mass is 19.4. The van der Waals surface area contributed by atoms with Crippen LogP contribution in [-0.4, -0.2) is 35.6 Å². The molecule has 0 amide bonds. The molecule has 1 aromatic carbocycles. The standard InChI is InChI=1S/C17H20F3N3O/c1-11-9-21-6-7-23(11)10-15-12(2)24-16(22-15)13-4-3-5-14(8-13)17(18,19)20/h3-5,8,11,21H,6-7,9-10H2,1-2H3. The maximum atomic E-state index is 12.9. The van der Waals surface area contributed by atoms with Crippen LogP contribution in [0.2, 0.25) is 0 Å². The molecule has 1 unspecified atom stereocenters. The third-order valence-electron chi connectivity index (χ3n) is 4.32. The summed E-state index contributed by atoms with van der Waals surface area (Å²) in [6.45, 7) is 7.31. The summed E-state index contributed by atoms with van der Waals surface area (Å²) in [5.74, 6) is 0.879. The first-order valence-corrected chi connectivity index (χ1v) is 7.93. The summed E-state index contributed by atoms with van der Waals surface area (Å²) in [6.07, 6.45) is -4.38. The van der Waals surface area contributed by atoms with Crippen molar-refractivity contribution in [2.45, 2.75) is 32.6 Å². The molecule has 1 atom stereocenters. The Bertz CT molecular complexity index is 711. The second kappa shape index (κ2) is 6.57. The average molecular weight is 339 g/mol. The van der Waals surface area contributed by atoms with Crippen molar-refractivity contribution in [3.8, 4) is 11.5 Å². The summed E-state index contributed by atoms with van der Waals surface area (Å²) >= 11 is 0. The largest absolute Gasteiger partial charge is 0.441 e. The van der Waals surface area contributed by atoms with Gasteiger partial charge in [-0.25, -0.2) is 4.98 Å². The van der Waals surface area contributed by atoms with Gasteiger partial charge in [-0.05, 0) is 32.0 Å². The van der Waals surface area contributed by atoms with Crippen molar-refractivity contribution in [2.75, 3.05) is 19.6 Å². The number of oxazole rings is 1. The van der Waals surface area contributed by atoms with Crippen molar-refractivity contribution in [2.24, 2.45) is 0 Å². The van der Waals surface area contributed by atoms with Gasteiger partial charge in [-0.1, -0.05) is 6.07 Å². The lowest BCUT2D eigenvalue weighted by Crippen LogP contribution is -2.49. The number of hydrogen-bond acceptors (Lipinski definition) is 4. The van der Waals surface area contributed by atoms with E-state index in [0.717, 1.165) is 37.5 Å². The van der Waals surface area contributed by atoms with Gasteiger partial charge in [0.2, 0.25) is 5.89 Å². The van der Waals surface area contributed by atoms with Crippen LogP contribution in [0.4, 0.5) is 13.2 Å². The monoisotopic (exact) mass is 339 g/mol. The van der Waals surface area contributed by atoms with Gasteiger partial charge in [0.05, 0.1) is 11.3 Å². The van der Waals surface area contributed by atoms with Crippen molar-refractivity contribution >= 4 is 0 Å². The van der Waals surface area contributed by atoms with Crippen LogP contribution in [0.25, 0.3) is 11.5 Å². The molecule has 0 saturated carbocycles. The second-order valence-corrected chi connectivity index (χ2v) is 6.12. The molecule has 1 aliphatic rings. The molecular weight excluding hydrogens is 319 g/mol. The summed E-state index contributed by atoms with van der Waals surface area (Å²) < 4.78 is 44.2. The van der Waals surface area contributed by atoms with Crippen LogP contribution in [-0.2, 0) is 12.7 Å². The summed E-state index contributed by atoms with van der Waals surface area (Å²) in [4.78, 5) is 6.72. The van der Waals surface area contributed by atoms with Gasteiger partial charge in [0, 0.05) is 37.8 Å². The van der Waals surface area contributed by atoms with Crippen molar-refractivity contribution < 1.29 is 17.6 Å². The third kappa shape index (κ3) is 3.62. The van der Waals surface area contributed by atoms with Crippen molar-refractivity contribution in [1.82, 2.24) is 15.2 Å². The number of rotatable bonds is 3. The van der Waals surface area contributed by atoms with Gasteiger partial charge in [0.25, 0.3) is 0 Å². The Balaban J connectivity index is 1.84. The predicted octanol–water partition coefficient (Wildman–Crippen LogP) is 3.46. The fraction of sp³-hybridized carbons (Fsp3) is 0.471. The van der Waals surface area contributed by atoms with Crippen LogP contribution in [0.5, 0.6) is 0 Å². The van der Waals surface area contributed by atoms with E-state index in [-0.39, 0.29) is 5.89 Å². The van der Waals surface area contributed by atoms with E-state index in [1.54, 1.807) is 13.0 Å². The Morgan fingerprint density at radius 2 is 2.17 bits per heavy atom. The topological polar surface area (TPSA) is 41.3 Å². The molecule has 0 aliphatic carbocycles. The number of nitrogens with zero attached hydrogens (tertiary/aromatic N) is 2. The van der Waals surface area contributed by atoms with Crippen LogP contribution < -0.4 is 5.32 Å². The highest BCUT2D eigenvalue weighted by Crippen LogP contribution is 2.32. The molecule has 24 heavy (non-hydrogen) atoms. The van der Waals surface area contributed by atoms with Gasteiger partial charge in [0.15, 0.2) is 0 Å². The Morgan fingerprint density at radius 3 is 2.88 bits per heavy atom. The summed E-state index contributed by atoms with van der Waals surface area (Å²) in [5.41, 5.74) is 0.414.